The molecule has 1 unspecified atom stereocenters. The number of phenolic OH excluding ortho intramolecular Hbond substituents is 1. The molecule has 162 valence electrons. The largest absolute Gasteiger partial charge is 0.507 e. The van der Waals surface area contributed by atoms with E-state index in [4.69, 9.17) is 10.5 Å². The summed E-state index contributed by atoms with van der Waals surface area (Å²) >= 11 is 0. The average molecular weight is 396 g/mol. The highest BCUT2D eigenvalue weighted by Gasteiger charge is 2.12. The van der Waals surface area contributed by atoms with Gasteiger partial charge in [-0.25, -0.2) is 0 Å². The standard InChI is InChI=1S/C15H27N3O.C6H14N2O/c1-16(2)9-12-7-13(10-17(3)4)15(19)14(8-12)11-18(5)6;7-2-1-6-5-8-3-4-9-6/h7-8,19H,9-11H2,1-6H3;6,8H,1-5,7H2. The molecule has 1 aliphatic rings. The van der Waals surface area contributed by atoms with Crippen molar-refractivity contribution in [2.24, 2.45) is 5.73 Å². The highest BCUT2D eigenvalue weighted by atomic mass is 16.5. The van der Waals surface area contributed by atoms with Crippen LogP contribution in [-0.2, 0) is 24.4 Å². The molecule has 0 aromatic heterocycles. The molecular formula is C21H41N5O2. The number of hydrogen-bond acceptors (Lipinski definition) is 7. The highest BCUT2D eigenvalue weighted by molar-refractivity contribution is 5.44. The first-order valence-electron chi connectivity index (χ1n) is 10.0. The summed E-state index contributed by atoms with van der Waals surface area (Å²) in [6, 6.07) is 4.21. The van der Waals surface area contributed by atoms with Gasteiger partial charge in [0.15, 0.2) is 0 Å². The van der Waals surface area contributed by atoms with Crippen LogP contribution in [0.5, 0.6) is 5.75 Å². The van der Waals surface area contributed by atoms with Gasteiger partial charge < -0.3 is 35.6 Å². The lowest BCUT2D eigenvalue weighted by Crippen LogP contribution is -2.39. The Hall–Kier alpha value is -1.22. The Balaban J connectivity index is 0.000000362. The van der Waals surface area contributed by atoms with Gasteiger partial charge in [-0.15, -0.1) is 0 Å². The van der Waals surface area contributed by atoms with E-state index in [1.807, 2.05) is 28.2 Å². The Labute approximate surface area is 171 Å². The maximum atomic E-state index is 10.4. The van der Waals surface area contributed by atoms with Crippen molar-refractivity contribution in [1.82, 2.24) is 20.0 Å². The van der Waals surface area contributed by atoms with Crippen LogP contribution in [0.4, 0.5) is 0 Å². The van der Waals surface area contributed by atoms with Crippen LogP contribution in [0.2, 0.25) is 0 Å². The molecule has 0 amide bonds. The first-order valence-corrected chi connectivity index (χ1v) is 10.0. The van der Waals surface area contributed by atoms with Crippen LogP contribution in [0.3, 0.4) is 0 Å². The van der Waals surface area contributed by atoms with Crippen molar-refractivity contribution >= 4 is 0 Å². The fourth-order valence-electron chi connectivity index (χ4n) is 3.20. The average Bonchev–Trinajstić information content (AvgIpc) is 2.59. The van der Waals surface area contributed by atoms with E-state index in [1.54, 1.807) is 0 Å². The van der Waals surface area contributed by atoms with Gasteiger partial charge in [-0.3, -0.25) is 0 Å². The van der Waals surface area contributed by atoms with Crippen molar-refractivity contribution < 1.29 is 9.84 Å². The van der Waals surface area contributed by atoms with Crippen LogP contribution in [-0.4, -0.2) is 94.4 Å². The van der Waals surface area contributed by atoms with Gasteiger partial charge in [0.2, 0.25) is 0 Å². The summed E-state index contributed by atoms with van der Waals surface area (Å²) in [5.41, 5.74) is 8.60. The number of hydrogen-bond donors (Lipinski definition) is 3. The molecule has 0 bridgehead atoms. The summed E-state index contributed by atoms with van der Waals surface area (Å²) in [6.07, 6.45) is 1.34. The summed E-state index contributed by atoms with van der Waals surface area (Å²) in [4.78, 5) is 6.30. The second kappa shape index (κ2) is 13.1. The van der Waals surface area contributed by atoms with E-state index in [0.717, 1.165) is 63.4 Å². The molecule has 1 aliphatic heterocycles. The molecule has 0 aliphatic carbocycles. The summed E-state index contributed by atoms with van der Waals surface area (Å²) in [5, 5.41) is 13.6. The third kappa shape index (κ3) is 9.82. The second-order valence-electron chi connectivity index (χ2n) is 8.25. The van der Waals surface area contributed by atoms with E-state index in [2.05, 4.69) is 46.2 Å². The van der Waals surface area contributed by atoms with Gasteiger partial charge in [-0.05, 0) is 72.9 Å². The number of benzene rings is 1. The summed E-state index contributed by atoms with van der Waals surface area (Å²) in [7, 11) is 12.2. The highest BCUT2D eigenvalue weighted by Crippen LogP contribution is 2.27. The van der Waals surface area contributed by atoms with Crippen LogP contribution in [0.1, 0.15) is 23.1 Å². The van der Waals surface area contributed by atoms with E-state index in [0.29, 0.717) is 11.9 Å². The Bertz CT molecular complexity index is 524. The molecule has 0 spiro atoms. The number of aromatic hydroxyl groups is 1. The van der Waals surface area contributed by atoms with Gasteiger partial charge in [0.05, 0.1) is 12.7 Å². The van der Waals surface area contributed by atoms with Gasteiger partial charge in [0, 0.05) is 43.9 Å². The lowest BCUT2D eigenvalue weighted by atomic mass is 10.0. The number of rotatable bonds is 8. The summed E-state index contributed by atoms with van der Waals surface area (Å²) in [5.74, 6) is 0.435. The SMILES string of the molecule is CN(C)Cc1cc(CN(C)C)c(O)c(CN(C)C)c1.NCCC1CNCCO1. The van der Waals surface area contributed by atoms with Crippen LogP contribution in [0.15, 0.2) is 12.1 Å². The monoisotopic (exact) mass is 395 g/mol. The van der Waals surface area contributed by atoms with Crippen molar-refractivity contribution in [2.45, 2.75) is 32.2 Å². The predicted molar refractivity (Wildman–Crippen MR) is 117 cm³/mol. The maximum absolute atomic E-state index is 10.4. The Morgan fingerprint density at radius 2 is 1.54 bits per heavy atom. The zero-order chi connectivity index (χ0) is 21.1. The lowest BCUT2D eigenvalue weighted by Gasteiger charge is -2.22. The summed E-state index contributed by atoms with van der Waals surface area (Å²) in [6.45, 7) is 5.93. The van der Waals surface area contributed by atoms with E-state index in [-0.39, 0.29) is 0 Å². The Morgan fingerprint density at radius 1 is 1.00 bits per heavy atom. The van der Waals surface area contributed by atoms with E-state index in [9.17, 15) is 5.11 Å². The Kier molecular flexibility index (Phi) is 11.6. The lowest BCUT2D eigenvalue weighted by molar-refractivity contribution is 0.0252. The van der Waals surface area contributed by atoms with Crippen molar-refractivity contribution in [2.75, 3.05) is 68.5 Å². The molecule has 7 nitrogen and oxygen atoms in total. The topological polar surface area (TPSA) is 77.2 Å². The number of nitrogens with one attached hydrogen (secondary N) is 1. The van der Waals surface area contributed by atoms with Crippen LogP contribution in [0, 0.1) is 0 Å². The molecule has 1 fully saturated rings. The summed E-state index contributed by atoms with van der Waals surface area (Å²) < 4.78 is 5.38. The van der Waals surface area contributed by atoms with Gasteiger partial charge >= 0.3 is 0 Å². The van der Waals surface area contributed by atoms with E-state index < -0.39 is 0 Å². The number of nitrogens with two attached hydrogens (primary N) is 1. The molecule has 1 heterocycles. The van der Waals surface area contributed by atoms with Crippen molar-refractivity contribution in [3.63, 3.8) is 0 Å². The minimum atomic E-state index is 0.365. The molecule has 1 aromatic carbocycles. The zero-order valence-corrected chi connectivity index (χ0v) is 18.7. The van der Waals surface area contributed by atoms with Crippen LogP contribution < -0.4 is 11.1 Å². The maximum Gasteiger partial charge on any atom is 0.124 e. The number of nitrogens with zero attached hydrogens (tertiary/aromatic N) is 3. The van der Waals surface area contributed by atoms with Crippen LogP contribution >= 0.6 is 0 Å². The molecule has 1 aromatic rings. The zero-order valence-electron chi connectivity index (χ0n) is 18.7. The van der Waals surface area contributed by atoms with Crippen molar-refractivity contribution in [1.29, 1.82) is 0 Å². The molecule has 4 N–H and O–H groups in total. The van der Waals surface area contributed by atoms with Gasteiger partial charge in [0.25, 0.3) is 0 Å². The van der Waals surface area contributed by atoms with Gasteiger partial charge in [-0.1, -0.05) is 0 Å². The van der Waals surface area contributed by atoms with Crippen molar-refractivity contribution in [3.05, 3.63) is 28.8 Å². The fourth-order valence-corrected chi connectivity index (χ4v) is 3.20. The normalized spacial score (nSPS) is 17.1. The van der Waals surface area contributed by atoms with Crippen LogP contribution in [0.25, 0.3) is 0 Å². The van der Waals surface area contributed by atoms with Crippen molar-refractivity contribution in [3.8, 4) is 5.75 Å². The fraction of sp³-hybridized carbons (Fsp3) is 0.714. The van der Waals surface area contributed by atoms with Gasteiger partial charge in [-0.2, -0.15) is 0 Å². The minimum Gasteiger partial charge on any atom is -0.507 e. The molecule has 28 heavy (non-hydrogen) atoms. The smallest absolute Gasteiger partial charge is 0.124 e. The number of morpholine rings is 1. The third-order valence-corrected chi connectivity index (χ3v) is 4.29. The number of ether oxygens (including phenoxy) is 1. The first-order chi connectivity index (χ1) is 13.2. The molecule has 1 saturated heterocycles. The quantitative estimate of drug-likeness (QED) is 0.604. The Morgan fingerprint density at radius 3 is 1.93 bits per heavy atom. The molecule has 0 saturated carbocycles. The van der Waals surface area contributed by atoms with E-state index >= 15 is 0 Å². The minimum absolute atomic E-state index is 0.365. The van der Waals surface area contributed by atoms with E-state index in [1.165, 1.54) is 5.56 Å². The molecule has 0 radical (unpaired) electrons. The molecular weight excluding hydrogens is 354 g/mol. The molecule has 1 atom stereocenters. The molecule has 2 rings (SSSR count). The number of phenols is 1. The second-order valence-corrected chi connectivity index (χ2v) is 8.25. The predicted octanol–water partition coefficient (Wildman–Crippen LogP) is 0.901. The third-order valence-electron chi connectivity index (χ3n) is 4.29. The van der Waals surface area contributed by atoms with Gasteiger partial charge in [0.1, 0.15) is 5.75 Å². The molecule has 7 heteroatoms. The first kappa shape index (κ1) is 24.8.